The number of nitrogens with zero attached hydrogens (tertiary/aromatic N) is 1. The van der Waals surface area contributed by atoms with Gasteiger partial charge in [0.1, 0.15) is 5.82 Å². The molecule has 0 atom stereocenters. The molecule has 0 unspecified atom stereocenters. The van der Waals surface area contributed by atoms with Crippen molar-refractivity contribution < 1.29 is 21.2 Å². The standard InChI is InChI=1S/C10H11FN4O4S2/c1-20(16,17)15-9-6-7(2-3-8(9)11)14-21(18,19)10-4-5-12-13-10/h2-6,14-15H,1H3,(H,12,13). The van der Waals surface area contributed by atoms with Crippen molar-refractivity contribution in [2.75, 3.05) is 15.7 Å². The fourth-order valence-corrected chi connectivity index (χ4v) is 2.99. The molecule has 0 radical (unpaired) electrons. The van der Waals surface area contributed by atoms with Crippen LogP contribution in [0.5, 0.6) is 0 Å². The van der Waals surface area contributed by atoms with Crippen LogP contribution in [0.25, 0.3) is 0 Å². The van der Waals surface area contributed by atoms with Crippen molar-refractivity contribution >= 4 is 31.4 Å². The molecular weight excluding hydrogens is 323 g/mol. The van der Waals surface area contributed by atoms with Gasteiger partial charge in [0, 0.05) is 0 Å². The van der Waals surface area contributed by atoms with E-state index < -0.39 is 25.9 Å². The van der Waals surface area contributed by atoms with Gasteiger partial charge in [-0.05, 0) is 24.3 Å². The minimum atomic E-state index is -3.91. The van der Waals surface area contributed by atoms with Crippen LogP contribution in [0, 0.1) is 5.82 Å². The molecule has 0 aliphatic heterocycles. The van der Waals surface area contributed by atoms with E-state index in [4.69, 9.17) is 0 Å². The SMILES string of the molecule is CS(=O)(=O)Nc1cc(NS(=O)(=O)c2ccn[nH]2)ccc1F. The number of aromatic nitrogens is 2. The van der Waals surface area contributed by atoms with Gasteiger partial charge in [-0.2, -0.15) is 13.5 Å². The second kappa shape index (κ2) is 5.33. The monoisotopic (exact) mass is 334 g/mol. The molecule has 0 spiro atoms. The molecular formula is C10H11FN4O4S2. The van der Waals surface area contributed by atoms with Crippen molar-refractivity contribution in [2.24, 2.45) is 0 Å². The number of H-pyrrole nitrogens is 1. The van der Waals surface area contributed by atoms with Gasteiger partial charge >= 0.3 is 0 Å². The zero-order valence-electron chi connectivity index (χ0n) is 10.7. The van der Waals surface area contributed by atoms with Gasteiger partial charge in [-0.3, -0.25) is 14.5 Å². The van der Waals surface area contributed by atoms with E-state index in [0.717, 1.165) is 24.5 Å². The number of hydrogen-bond acceptors (Lipinski definition) is 5. The Kier molecular flexibility index (Phi) is 3.87. The summed E-state index contributed by atoms with van der Waals surface area (Å²) in [4.78, 5) is 0. The minimum absolute atomic E-state index is 0.00264. The summed E-state index contributed by atoms with van der Waals surface area (Å²) in [6.07, 6.45) is 2.11. The van der Waals surface area contributed by atoms with E-state index in [0.29, 0.717) is 0 Å². The van der Waals surface area contributed by atoms with Gasteiger partial charge in [-0.1, -0.05) is 0 Å². The van der Waals surface area contributed by atoms with Crippen LogP contribution in [0.4, 0.5) is 15.8 Å². The summed E-state index contributed by atoms with van der Waals surface area (Å²) in [5, 5.41) is 5.61. The van der Waals surface area contributed by atoms with E-state index in [1.165, 1.54) is 12.3 Å². The first kappa shape index (κ1) is 15.3. The Hall–Kier alpha value is -2.14. The van der Waals surface area contributed by atoms with Crippen LogP contribution >= 0.6 is 0 Å². The predicted octanol–water partition coefficient (Wildman–Crippen LogP) is 0.721. The van der Waals surface area contributed by atoms with E-state index in [1.54, 1.807) is 0 Å². The predicted molar refractivity (Wildman–Crippen MR) is 74.3 cm³/mol. The Labute approximate surface area is 120 Å². The minimum Gasteiger partial charge on any atom is -0.281 e. The first-order valence-electron chi connectivity index (χ1n) is 5.47. The summed E-state index contributed by atoms with van der Waals surface area (Å²) >= 11 is 0. The summed E-state index contributed by atoms with van der Waals surface area (Å²) in [7, 11) is -7.60. The number of anilines is 2. The maximum atomic E-state index is 13.5. The molecule has 3 N–H and O–H groups in total. The Balaban J connectivity index is 2.32. The molecule has 0 bridgehead atoms. The third-order valence-electron chi connectivity index (χ3n) is 2.28. The maximum absolute atomic E-state index is 13.5. The van der Waals surface area contributed by atoms with Gasteiger partial charge in [-0.15, -0.1) is 0 Å². The zero-order chi connectivity index (χ0) is 15.7. The molecule has 8 nitrogen and oxygen atoms in total. The Morgan fingerprint density at radius 2 is 1.86 bits per heavy atom. The molecule has 2 aromatic rings. The van der Waals surface area contributed by atoms with Crippen molar-refractivity contribution in [1.82, 2.24) is 10.2 Å². The molecule has 0 amide bonds. The van der Waals surface area contributed by atoms with E-state index in [-0.39, 0.29) is 16.4 Å². The second-order valence-electron chi connectivity index (χ2n) is 4.10. The largest absolute Gasteiger partial charge is 0.281 e. The number of nitrogens with one attached hydrogen (secondary N) is 3. The highest BCUT2D eigenvalue weighted by atomic mass is 32.2. The van der Waals surface area contributed by atoms with Crippen molar-refractivity contribution in [3.63, 3.8) is 0 Å². The van der Waals surface area contributed by atoms with Gasteiger partial charge in [0.2, 0.25) is 10.0 Å². The molecule has 0 saturated heterocycles. The molecule has 0 saturated carbocycles. The van der Waals surface area contributed by atoms with Crippen molar-refractivity contribution in [1.29, 1.82) is 0 Å². The fourth-order valence-electron chi connectivity index (χ4n) is 1.47. The first-order valence-corrected chi connectivity index (χ1v) is 8.84. The summed E-state index contributed by atoms with van der Waals surface area (Å²) < 4.78 is 63.7. The van der Waals surface area contributed by atoms with Crippen LogP contribution in [0.2, 0.25) is 0 Å². The molecule has 114 valence electrons. The number of aromatic amines is 1. The molecule has 21 heavy (non-hydrogen) atoms. The van der Waals surface area contributed by atoms with Crippen LogP contribution in [-0.4, -0.2) is 33.3 Å². The molecule has 0 aliphatic carbocycles. The lowest BCUT2D eigenvalue weighted by Gasteiger charge is -2.10. The highest BCUT2D eigenvalue weighted by Gasteiger charge is 2.17. The van der Waals surface area contributed by atoms with Crippen molar-refractivity contribution in [2.45, 2.75) is 5.03 Å². The average Bonchev–Trinajstić information content (AvgIpc) is 2.85. The highest BCUT2D eigenvalue weighted by molar-refractivity contribution is 7.92. The summed E-state index contributed by atoms with van der Waals surface area (Å²) in [5.41, 5.74) is -0.362. The molecule has 1 aromatic carbocycles. The van der Waals surface area contributed by atoms with E-state index >= 15 is 0 Å². The number of halogens is 1. The van der Waals surface area contributed by atoms with E-state index in [2.05, 4.69) is 14.9 Å². The van der Waals surface area contributed by atoms with Crippen molar-refractivity contribution in [3.8, 4) is 0 Å². The average molecular weight is 334 g/mol. The third-order valence-corrected chi connectivity index (χ3v) is 4.18. The van der Waals surface area contributed by atoms with Crippen LogP contribution in [0.15, 0.2) is 35.5 Å². The Bertz CT molecular complexity index is 847. The van der Waals surface area contributed by atoms with E-state index in [1.807, 2.05) is 4.72 Å². The molecule has 1 aromatic heterocycles. The van der Waals surface area contributed by atoms with Crippen LogP contribution in [0.3, 0.4) is 0 Å². The third kappa shape index (κ3) is 3.92. The van der Waals surface area contributed by atoms with Gasteiger partial charge in [0.15, 0.2) is 5.03 Å². The van der Waals surface area contributed by atoms with Gasteiger partial charge in [0.25, 0.3) is 10.0 Å². The topological polar surface area (TPSA) is 121 Å². The molecule has 0 aliphatic rings. The molecule has 11 heteroatoms. The van der Waals surface area contributed by atoms with Crippen LogP contribution < -0.4 is 9.44 Å². The van der Waals surface area contributed by atoms with Crippen LogP contribution in [-0.2, 0) is 20.0 Å². The lowest BCUT2D eigenvalue weighted by molar-refractivity contribution is 0.597. The second-order valence-corrected chi connectivity index (χ2v) is 7.49. The van der Waals surface area contributed by atoms with Crippen LogP contribution in [0.1, 0.15) is 0 Å². The molecule has 0 fully saturated rings. The normalized spacial score (nSPS) is 12.1. The number of rotatable bonds is 5. The summed E-state index contributed by atoms with van der Waals surface area (Å²) in [5.74, 6) is -0.829. The first-order chi connectivity index (χ1) is 9.67. The fraction of sp³-hybridized carbons (Fsp3) is 0.100. The van der Waals surface area contributed by atoms with Crippen molar-refractivity contribution in [3.05, 3.63) is 36.3 Å². The number of sulfonamides is 2. The number of hydrogen-bond donors (Lipinski definition) is 3. The lowest BCUT2D eigenvalue weighted by Crippen LogP contribution is -2.15. The maximum Gasteiger partial charge on any atom is 0.278 e. The molecule has 2 rings (SSSR count). The Morgan fingerprint density at radius 1 is 1.14 bits per heavy atom. The van der Waals surface area contributed by atoms with Gasteiger partial charge in [-0.25, -0.2) is 12.8 Å². The lowest BCUT2D eigenvalue weighted by atomic mass is 10.3. The van der Waals surface area contributed by atoms with Gasteiger partial charge < -0.3 is 0 Å². The summed E-state index contributed by atoms with van der Waals surface area (Å²) in [6, 6.07) is 4.38. The highest BCUT2D eigenvalue weighted by Crippen LogP contribution is 2.22. The molecule has 1 heterocycles. The summed E-state index contributed by atoms with van der Waals surface area (Å²) in [6.45, 7) is 0. The number of benzene rings is 1. The Morgan fingerprint density at radius 3 is 2.43 bits per heavy atom. The van der Waals surface area contributed by atoms with E-state index in [9.17, 15) is 21.2 Å². The van der Waals surface area contributed by atoms with Gasteiger partial charge in [0.05, 0.1) is 23.8 Å². The smallest absolute Gasteiger partial charge is 0.278 e. The zero-order valence-corrected chi connectivity index (χ0v) is 12.3. The quantitative estimate of drug-likeness (QED) is 0.744.